The molecule has 0 spiro atoms. The zero-order valence-electron chi connectivity index (χ0n) is 24.1. The fourth-order valence-electron chi connectivity index (χ4n) is 9.18. The van der Waals surface area contributed by atoms with E-state index in [0.29, 0.717) is 29.6 Å². The van der Waals surface area contributed by atoms with Gasteiger partial charge in [-0.1, -0.05) is 52.2 Å². The summed E-state index contributed by atoms with van der Waals surface area (Å²) in [5.74, 6) is 2.80. The van der Waals surface area contributed by atoms with Gasteiger partial charge >= 0.3 is 5.97 Å². The van der Waals surface area contributed by atoms with Crippen LogP contribution in [0.1, 0.15) is 113 Å². The molecule has 3 nitrogen and oxygen atoms in total. The minimum Gasteiger partial charge on any atom is -0.462 e. The summed E-state index contributed by atoms with van der Waals surface area (Å²) in [7, 11) is 0. The molecular weight excluding hydrogens is 451 g/mol. The van der Waals surface area contributed by atoms with E-state index in [4.69, 9.17) is 4.74 Å². The van der Waals surface area contributed by atoms with E-state index in [1.807, 2.05) is 27.7 Å². The number of fused-ring (bicyclic) bond motifs is 5. The monoisotopic (exact) mass is 504 g/mol. The van der Waals surface area contributed by atoms with Gasteiger partial charge < -0.3 is 9.84 Å². The minimum atomic E-state index is -0.455. The lowest BCUT2D eigenvalue weighted by Crippen LogP contribution is -2.51. The molecular formula is C32H53FO3. The number of rotatable bonds is 7. The smallest absolute Gasteiger partial charge is 0.311 e. The molecule has 4 aliphatic rings. The molecule has 0 aromatic rings. The molecule has 0 amide bonds. The molecule has 10 atom stereocenters. The SMILES string of the molecule is C[C@@H](CF)CCC[C@@H](C)C1C(O)CC2C3CC=C4CC(OC(=O)C(C)(C)C)CCC4(C)C3CCC21C. The van der Waals surface area contributed by atoms with Crippen LogP contribution in [-0.2, 0) is 9.53 Å². The van der Waals surface area contributed by atoms with Gasteiger partial charge in [0.15, 0.2) is 0 Å². The van der Waals surface area contributed by atoms with Gasteiger partial charge in [0.2, 0.25) is 0 Å². The zero-order valence-corrected chi connectivity index (χ0v) is 24.1. The second-order valence-electron chi connectivity index (χ2n) is 14.8. The molecule has 4 heteroatoms. The molecule has 0 aromatic carbocycles. The number of halogens is 1. The van der Waals surface area contributed by atoms with Crippen molar-refractivity contribution >= 4 is 5.97 Å². The second kappa shape index (κ2) is 10.3. The van der Waals surface area contributed by atoms with E-state index < -0.39 is 5.41 Å². The Kier molecular flexibility index (Phi) is 8.08. The van der Waals surface area contributed by atoms with Gasteiger partial charge in [-0.05, 0) is 112 Å². The highest BCUT2D eigenvalue weighted by atomic mass is 19.1. The minimum absolute atomic E-state index is 0.0140. The molecule has 3 fully saturated rings. The van der Waals surface area contributed by atoms with Crippen molar-refractivity contribution in [1.29, 1.82) is 0 Å². The first-order valence-corrected chi connectivity index (χ1v) is 15.0. The maximum absolute atomic E-state index is 12.9. The van der Waals surface area contributed by atoms with Crippen LogP contribution < -0.4 is 0 Å². The van der Waals surface area contributed by atoms with E-state index in [-0.39, 0.29) is 41.6 Å². The molecule has 0 saturated heterocycles. The van der Waals surface area contributed by atoms with Crippen molar-refractivity contribution in [3.8, 4) is 0 Å². The Bertz CT molecular complexity index is 830. The van der Waals surface area contributed by atoms with Gasteiger partial charge in [-0.2, -0.15) is 0 Å². The lowest BCUT2D eigenvalue weighted by molar-refractivity contribution is -0.161. The van der Waals surface area contributed by atoms with E-state index in [9.17, 15) is 14.3 Å². The summed E-state index contributed by atoms with van der Waals surface area (Å²) in [6.45, 7) is 14.9. The van der Waals surface area contributed by atoms with E-state index in [2.05, 4.69) is 26.8 Å². The van der Waals surface area contributed by atoms with Crippen LogP contribution in [0.5, 0.6) is 0 Å². The molecule has 0 aromatic heterocycles. The summed E-state index contributed by atoms with van der Waals surface area (Å²) < 4.78 is 18.9. The van der Waals surface area contributed by atoms with Crippen molar-refractivity contribution in [1.82, 2.24) is 0 Å². The van der Waals surface area contributed by atoms with Gasteiger partial charge in [0.25, 0.3) is 0 Å². The van der Waals surface area contributed by atoms with Gasteiger partial charge in [0, 0.05) is 6.42 Å². The Morgan fingerprint density at radius 2 is 1.89 bits per heavy atom. The highest BCUT2D eigenvalue weighted by molar-refractivity contribution is 5.75. The molecule has 8 unspecified atom stereocenters. The maximum Gasteiger partial charge on any atom is 0.311 e. The van der Waals surface area contributed by atoms with Crippen molar-refractivity contribution in [3.05, 3.63) is 11.6 Å². The molecule has 3 saturated carbocycles. The third kappa shape index (κ3) is 5.06. The molecule has 206 valence electrons. The van der Waals surface area contributed by atoms with Gasteiger partial charge in [0.05, 0.1) is 18.2 Å². The number of ether oxygens (including phenoxy) is 1. The number of aliphatic hydroxyl groups is 1. The largest absolute Gasteiger partial charge is 0.462 e. The van der Waals surface area contributed by atoms with Crippen LogP contribution in [0.2, 0.25) is 0 Å². The van der Waals surface area contributed by atoms with Crippen molar-refractivity contribution in [2.24, 2.45) is 51.8 Å². The van der Waals surface area contributed by atoms with Crippen LogP contribution in [0.15, 0.2) is 11.6 Å². The van der Waals surface area contributed by atoms with Gasteiger partial charge in [-0.3, -0.25) is 9.18 Å². The van der Waals surface area contributed by atoms with Gasteiger partial charge in [0.1, 0.15) is 6.10 Å². The van der Waals surface area contributed by atoms with Gasteiger partial charge in [-0.25, -0.2) is 0 Å². The van der Waals surface area contributed by atoms with Crippen molar-refractivity contribution in [2.45, 2.75) is 125 Å². The van der Waals surface area contributed by atoms with Crippen LogP contribution in [0, 0.1) is 51.8 Å². The number of hydrogen-bond donors (Lipinski definition) is 1. The Morgan fingerprint density at radius 3 is 2.56 bits per heavy atom. The highest BCUT2D eigenvalue weighted by Gasteiger charge is 2.61. The number of alkyl halides is 1. The summed E-state index contributed by atoms with van der Waals surface area (Å²) in [6.07, 6.45) is 12.9. The van der Waals surface area contributed by atoms with Crippen molar-refractivity contribution in [2.75, 3.05) is 6.67 Å². The lowest BCUT2D eigenvalue weighted by atomic mass is 9.47. The van der Waals surface area contributed by atoms with Crippen LogP contribution in [0.25, 0.3) is 0 Å². The van der Waals surface area contributed by atoms with E-state index in [0.717, 1.165) is 51.4 Å². The van der Waals surface area contributed by atoms with Crippen LogP contribution in [0.4, 0.5) is 4.39 Å². The third-order valence-corrected chi connectivity index (χ3v) is 11.3. The average molecular weight is 505 g/mol. The summed E-state index contributed by atoms with van der Waals surface area (Å²) in [5, 5.41) is 11.4. The Morgan fingerprint density at radius 1 is 1.17 bits per heavy atom. The van der Waals surface area contributed by atoms with Crippen LogP contribution in [0.3, 0.4) is 0 Å². The summed E-state index contributed by atoms with van der Waals surface area (Å²) in [5.41, 5.74) is 1.47. The second-order valence-corrected chi connectivity index (χ2v) is 14.8. The van der Waals surface area contributed by atoms with Crippen molar-refractivity contribution < 1.29 is 19.0 Å². The number of allylic oxidation sites excluding steroid dienone is 1. The Balaban J connectivity index is 1.46. The standard InChI is InChI=1S/C32H53FO3/c1-20(19-33)9-8-10-21(2)28-27(34)18-26-24-12-11-22-17-23(36-29(35)30(3,4)5)13-15-31(22,6)25(24)14-16-32(26,28)7/h11,20-21,23-28,34H,8-10,12-19H2,1-7H3/t20-,21-,23?,24?,25?,26?,27?,28?,31?,32?/m1/s1. The average Bonchev–Trinajstić information content (AvgIpc) is 3.08. The quantitative estimate of drug-likeness (QED) is 0.283. The predicted molar refractivity (Wildman–Crippen MR) is 144 cm³/mol. The first-order chi connectivity index (χ1) is 16.8. The summed E-state index contributed by atoms with van der Waals surface area (Å²) in [4.78, 5) is 12.5. The maximum atomic E-state index is 12.9. The van der Waals surface area contributed by atoms with E-state index >= 15 is 0 Å². The van der Waals surface area contributed by atoms with Crippen molar-refractivity contribution in [3.63, 3.8) is 0 Å². The fraction of sp³-hybridized carbons (Fsp3) is 0.906. The van der Waals surface area contributed by atoms with Crippen LogP contribution >= 0.6 is 0 Å². The molecule has 0 bridgehead atoms. The Hall–Kier alpha value is -0.900. The number of hydrogen-bond acceptors (Lipinski definition) is 3. The molecule has 0 heterocycles. The summed E-state index contributed by atoms with van der Waals surface area (Å²) >= 11 is 0. The topological polar surface area (TPSA) is 46.5 Å². The van der Waals surface area contributed by atoms with Gasteiger partial charge in [-0.15, -0.1) is 0 Å². The number of carbonyl (C=O) groups excluding carboxylic acids is 1. The molecule has 4 rings (SSSR count). The van der Waals surface area contributed by atoms with E-state index in [1.54, 1.807) is 0 Å². The summed E-state index contributed by atoms with van der Waals surface area (Å²) in [6, 6.07) is 0. The number of carbonyl (C=O) groups is 1. The molecule has 1 N–H and O–H groups in total. The molecule has 0 aliphatic heterocycles. The molecule has 4 aliphatic carbocycles. The van der Waals surface area contributed by atoms with E-state index in [1.165, 1.54) is 18.4 Å². The van der Waals surface area contributed by atoms with Crippen LogP contribution in [-0.4, -0.2) is 30.0 Å². The number of aliphatic hydroxyl groups excluding tert-OH is 1. The first kappa shape index (κ1) is 28.1. The molecule has 0 radical (unpaired) electrons. The highest BCUT2D eigenvalue weighted by Crippen LogP contribution is 2.67. The normalized spacial score (nSPS) is 42.0. The lowest BCUT2D eigenvalue weighted by Gasteiger charge is -2.58. The zero-order chi connectivity index (χ0) is 26.5. The predicted octanol–water partition coefficient (Wildman–Crippen LogP) is 7.91. The first-order valence-electron chi connectivity index (χ1n) is 15.0. The number of esters is 1. The third-order valence-electron chi connectivity index (χ3n) is 11.3. The molecule has 36 heavy (non-hydrogen) atoms. The fourth-order valence-corrected chi connectivity index (χ4v) is 9.18. The Labute approximate surface area is 220 Å².